The number of rotatable bonds is 1. The average molecular weight is 461 g/mol. The molecule has 0 spiro atoms. The van der Waals surface area contributed by atoms with Crippen molar-refractivity contribution in [2.24, 2.45) is 0 Å². The molecule has 88 valence electrons. The minimum absolute atomic E-state index is 0. The number of aromatic nitrogens is 3. The maximum absolute atomic E-state index is 4.40. The van der Waals surface area contributed by atoms with Crippen LogP contribution in [0.5, 0.6) is 0 Å². The van der Waals surface area contributed by atoms with E-state index < -0.39 is 0 Å². The molecule has 4 heteroatoms. The molecule has 3 aromatic rings. The van der Waals surface area contributed by atoms with Gasteiger partial charge in [-0.3, -0.25) is 0 Å². The van der Waals surface area contributed by atoms with Gasteiger partial charge < -0.3 is 7.43 Å². The molecule has 0 atom stereocenters. The Bertz CT molecular complexity index is 613. The van der Waals surface area contributed by atoms with Crippen LogP contribution < -0.4 is 0 Å². The van der Waals surface area contributed by atoms with Crippen molar-refractivity contribution in [1.82, 2.24) is 15.0 Å². The summed E-state index contributed by atoms with van der Waals surface area (Å²) >= 11 is 0. The minimum Gasteiger partial charge on any atom is -0.358 e. The first-order valence-corrected chi connectivity index (χ1v) is 5.14. The van der Waals surface area contributed by atoms with Gasteiger partial charge in [0.2, 0.25) is 0 Å². The van der Waals surface area contributed by atoms with Crippen LogP contribution >= 0.6 is 0 Å². The number of nitrogens with zero attached hydrogens (tertiary/aromatic N) is 3. The minimum atomic E-state index is 0. The van der Waals surface area contributed by atoms with Crippen LogP contribution in [0.4, 0.5) is 0 Å². The standard InChI is InChI=1S/C13H10N3.CH3.U/c1-10-5-4-6-11(9-10)16-14-12-7-2-3-8-13(12)15-16;;/h2-5,7-9H,1H3;1H3;/q2*-1;+2. The summed E-state index contributed by atoms with van der Waals surface area (Å²) < 4.78 is 0. The SMILES string of the molecule is Cc1cc[c-]c(-n2nc3ccccc3n2)c1.[CH3-].[U+2]. The summed E-state index contributed by atoms with van der Waals surface area (Å²) in [6.07, 6.45) is 0. The molecule has 0 aliphatic rings. The van der Waals surface area contributed by atoms with Crippen LogP contribution in [0.1, 0.15) is 5.56 Å². The fourth-order valence-electron chi connectivity index (χ4n) is 1.65. The number of hydrogen-bond acceptors (Lipinski definition) is 2. The number of benzene rings is 2. The van der Waals surface area contributed by atoms with Gasteiger partial charge in [-0.1, -0.05) is 19.1 Å². The van der Waals surface area contributed by atoms with Crippen molar-refractivity contribution in [3.05, 3.63) is 61.5 Å². The molecule has 1 heterocycles. The Kier molecular flexibility index (Phi) is 5.13. The molecule has 0 saturated heterocycles. The zero-order chi connectivity index (χ0) is 11.0. The van der Waals surface area contributed by atoms with Crippen molar-refractivity contribution in [3.8, 4) is 5.69 Å². The van der Waals surface area contributed by atoms with Crippen LogP contribution in [0.3, 0.4) is 0 Å². The van der Waals surface area contributed by atoms with Gasteiger partial charge in [0, 0.05) is 0 Å². The first-order valence-electron chi connectivity index (χ1n) is 5.14. The monoisotopic (exact) mass is 461 g/mol. The van der Waals surface area contributed by atoms with E-state index >= 15 is 0 Å². The van der Waals surface area contributed by atoms with E-state index in [1.165, 1.54) is 5.56 Å². The van der Waals surface area contributed by atoms with Crippen LogP contribution in [-0.4, -0.2) is 15.0 Å². The van der Waals surface area contributed by atoms with E-state index in [1.54, 1.807) is 4.80 Å². The van der Waals surface area contributed by atoms with Crippen LogP contribution in [0.2, 0.25) is 0 Å². The Labute approximate surface area is 131 Å². The molecule has 3 rings (SSSR count). The summed E-state index contributed by atoms with van der Waals surface area (Å²) in [6.45, 7) is 2.04. The zero-order valence-corrected chi connectivity index (χ0v) is 14.5. The Morgan fingerprint density at radius 2 is 1.67 bits per heavy atom. The van der Waals surface area contributed by atoms with Gasteiger partial charge in [0.1, 0.15) is 11.0 Å². The molecule has 0 amide bonds. The van der Waals surface area contributed by atoms with Crippen molar-refractivity contribution in [1.29, 1.82) is 0 Å². The summed E-state index contributed by atoms with van der Waals surface area (Å²) in [5, 5.41) is 8.80. The van der Waals surface area contributed by atoms with E-state index in [1.807, 2.05) is 49.4 Å². The number of hydrogen-bond donors (Lipinski definition) is 0. The van der Waals surface area contributed by atoms with Gasteiger partial charge in [0.05, 0.1) is 0 Å². The van der Waals surface area contributed by atoms with E-state index in [9.17, 15) is 0 Å². The van der Waals surface area contributed by atoms with E-state index in [-0.39, 0.29) is 38.5 Å². The van der Waals surface area contributed by atoms with E-state index in [2.05, 4.69) is 16.3 Å². The maximum Gasteiger partial charge on any atom is 2.00 e. The summed E-state index contributed by atoms with van der Waals surface area (Å²) in [7, 11) is 0. The molecule has 2 aromatic carbocycles. The van der Waals surface area contributed by atoms with E-state index in [4.69, 9.17) is 0 Å². The Morgan fingerprint density at radius 1 is 1.06 bits per heavy atom. The molecule has 0 aliphatic heterocycles. The normalized spacial score (nSPS) is 9.61. The predicted molar refractivity (Wildman–Crippen MR) is 68.9 cm³/mol. The molecule has 1 aromatic heterocycles. The van der Waals surface area contributed by atoms with Crippen molar-refractivity contribution in [2.75, 3.05) is 0 Å². The van der Waals surface area contributed by atoms with Crippen LogP contribution in [0.25, 0.3) is 16.7 Å². The van der Waals surface area contributed by atoms with Gasteiger partial charge in [-0.25, -0.2) is 0 Å². The van der Waals surface area contributed by atoms with Gasteiger partial charge in [-0.05, 0) is 17.8 Å². The quantitative estimate of drug-likeness (QED) is 0.522. The van der Waals surface area contributed by atoms with Crippen LogP contribution in [0.15, 0.2) is 42.5 Å². The predicted octanol–water partition coefficient (Wildman–Crippen LogP) is 2.98. The molecule has 3 nitrogen and oxygen atoms in total. The molecule has 0 saturated carbocycles. The van der Waals surface area contributed by atoms with E-state index in [0.29, 0.717) is 0 Å². The Hall–Kier alpha value is -1.11. The molecule has 0 aliphatic carbocycles. The Morgan fingerprint density at radius 3 is 2.22 bits per heavy atom. The summed E-state index contributed by atoms with van der Waals surface area (Å²) in [6, 6.07) is 16.9. The van der Waals surface area contributed by atoms with Gasteiger partial charge >= 0.3 is 31.1 Å². The van der Waals surface area contributed by atoms with Crippen LogP contribution in [-0.2, 0) is 0 Å². The fourth-order valence-corrected chi connectivity index (χ4v) is 1.65. The largest absolute Gasteiger partial charge is 2.00 e. The molecular weight excluding hydrogens is 448 g/mol. The number of fused-ring (bicyclic) bond motifs is 1. The first kappa shape index (κ1) is 15.0. The molecule has 18 heavy (non-hydrogen) atoms. The van der Waals surface area contributed by atoms with Crippen molar-refractivity contribution in [3.63, 3.8) is 0 Å². The van der Waals surface area contributed by atoms with Crippen molar-refractivity contribution >= 4 is 11.0 Å². The van der Waals surface area contributed by atoms with Gasteiger partial charge in [-0.2, -0.15) is 38.8 Å². The molecular formula is C14H13N3U. The fraction of sp³-hybridized carbons (Fsp3) is 0.0714. The third-order valence-electron chi connectivity index (χ3n) is 2.44. The second kappa shape index (κ2) is 6.17. The van der Waals surface area contributed by atoms with Crippen molar-refractivity contribution in [2.45, 2.75) is 6.92 Å². The van der Waals surface area contributed by atoms with Gasteiger partial charge in [0.15, 0.2) is 0 Å². The molecule has 0 unspecified atom stereocenters. The molecule has 0 bridgehead atoms. The molecule has 0 radical (unpaired) electrons. The summed E-state index contributed by atoms with van der Waals surface area (Å²) in [5.74, 6) is 0. The maximum atomic E-state index is 4.40. The smallest absolute Gasteiger partial charge is 0.358 e. The molecule has 0 N–H and O–H groups in total. The average Bonchev–Trinajstić information content (AvgIpc) is 2.72. The number of aryl methyl sites for hydroxylation is 1. The topological polar surface area (TPSA) is 30.7 Å². The van der Waals surface area contributed by atoms with Gasteiger partial charge in [-0.15, -0.1) is 6.07 Å². The second-order valence-corrected chi connectivity index (χ2v) is 3.73. The van der Waals surface area contributed by atoms with E-state index in [0.717, 1.165) is 16.7 Å². The third-order valence-corrected chi connectivity index (χ3v) is 2.44. The van der Waals surface area contributed by atoms with Crippen LogP contribution in [0, 0.1) is 51.5 Å². The van der Waals surface area contributed by atoms with Gasteiger partial charge in [0.25, 0.3) is 0 Å². The third kappa shape index (κ3) is 2.83. The zero-order valence-electron chi connectivity index (χ0n) is 10.4. The second-order valence-electron chi connectivity index (χ2n) is 3.73. The first-order chi connectivity index (χ1) is 7.83. The summed E-state index contributed by atoms with van der Waals surface area (Å²) in [4.78, 5) is 1.62. The van der Waals surface area contributed by atoms with Crippen molar-refractivity contribution < 1.29 is 31.1 Å². The molecule has 0 fully saturated rings. The summed E-state index contributed by atoms with van der Waals surface area (Å²) in [5.41, 5.74) is 3.85. The Balaban J connectivity index is 0.000000810.